The highest BCUT2D eigenvalue weighted by Crippen LogP contribution is 2.35. The Morgan fingerprint density at radius 3 is 2.78 bits per heavy atom. The Bertz CT molecular complexity index is 1310. The molecule has 2 amide bonds. The van der Waals surface area contributed by atoms with Crippen molar-refractivity contribution in [3.05, 3.63) is 77.9 Å². The number of fused-ring (bicyclic) bond motifs is 1. The molecule has 1 aliphatic rings. The third kappa shape index (κ3) is 3.65. The summed E-state index contributed by atoms with van der Waals surface area (Å²) >= 11 is 1.28. The summed E-state index contributed by atoms with van der Waals surface area (Å²) in [5.74, 6) is -1.75. The van der Waals surface area contributed by atoms with E-state index in [1.807, 2.05) is 30.3 Å². The summed E-state index contributed by atoms with van der Waals surface area (Å²) < 4.78 is 30.7. The van der Waals surface area contributed by atoms with E-state index in [4.69, 9.17) is 10.6 Å². The minimum Gasteiger partial charge on any atom is -0.375 e. The van der Waals surface area contributed by atoms with Crippen molar-refractivity contribution in [3.63, 3.8) is 0 Å². The summed E-state index contributed by atoms with van der Waals surface area (Å²) in [4.78, 5) is 22.5. The van der Waals surface area contributed by atoms with Crippen molar-refractivity contribution in [1.29, 1.82) is 0 Å². The smallest absolute Gasteiger partial charge is 0.346 e. The van der Waals surface area contributed by atoms with Gasteiger partial charge in [0.2, 0.25) is 0 Å². The van der Waals surface area contributed by atoms with Gasteiger partial charge in [0.1, 0.15) is 11.5 Å². The molecule has 3 aromatic carbocycles. The van der Waals surface area contributed by atoms with E-state index in [9.17, 15) is 9.18 Å². The topological polar surface area (TPSA) is 80.5 Å². The number of nitrogens with one attached hydrogen (secondary N) is 1. The van der Waals surface area contributed by atoms with Gasteiger partial charge in [-0.1, -0.05) is 47.7 Å². The third-order valence-electron chi connectivity index (χ3n) is 5.33. The molecule has 6 nitrogen and oxygen atoms in total. The summed E-state index contributed by atoms with van der Waals surface area (Å²) in [6, 6.07) is 15.9. The Balaban J connectivity index is 1.45. The maximum atomic E-state index is 15.3. The molecule has 9 heteroatoms. The fourth-order valence-electron chi connectivity index (χ4n) is 3.81. The molecule has 2 heterocycles. The largest absolute Gasteiger partial charge is 0.375 e. The molecule has 0 bridgehead atoms. The average molecular weight is 452 g/mol. The van der Waals surface area contributed by atoms with Gasteiger partial charge < -0.3 is 11.1 Å². The normalized spacial score (nSPS) is 15.9. The van der Waals surface area contributed by atoms with Gasteiger partial charge in [-0.3, -0.25) is 4.84 Å². The maximum Gasteiger partial charge on any atom is 0.346 e. The standard InChI is InChI=1S/C23H18F2N4O2S/c24-16-8-7-15(14-6-9-17-19(12-14)32-22(26)27-17)20(25)21(16)28-23(30)29-18(10-11-31-29)13-4-2-1-3-5-13/h1-9,12,18H,10-11H2,(H2,26,27)(H,28,30)/t18-/m0/s1. The molecule has 32 heavy (non-hydrogen) atoms. The first-order valence-corrected chi connectivity index (χ1v) is 10.8. The lowest BCUT2D eigenvalue weighted by Gasteiger charge is -2.23. The van der Waals surface area contributed by atoms with Gasteiger partial charge in [-0.05, 0) is 35.4 Å². The number of carbonyl (C=O) groups is 1. The lowest BCUT2D eigenvalue weighted by Crippen LogP contribution is -2.34. The van der Waals surface area contributed by atoms with Gasteiger partial charge in [-0.25, -0.2) is 18.6 Å². The van der Waals surface area contributed by atoms with Crippen molar-refractivity contribution >= 4 is 38.4 Å². The van der Waals surface area contributed by atoms with Crippen molar-refractivity contribution in [2.45, 2.75) is 12.5 Å². The van der Waals surface area contributed by atoms with E-state index in [1.165, 1.54) is 17.4 Å². The Morgan fingerprint density at radius 1 is 1.16 bits per heavy atom. The summed E-state index contributed by atoms with van der Waals surface area (Å²) in [5, 5.41) is 3.89. The Morgan fingerprint density at radius 2 is 1.97 bits per heavy atom. The zero-order valence-electron chi connectivity index (χ0n) is 16.7. The average Bonchev–Trinajstić information content (AvgIpc) is 3.42. The zero-order chi connectivity index (χ0) is 22.2. The first-order chi connectivity index (χ1) is 15.5. The predicted octanol–water partition coefficient (Wildman–Crippen LogP) is 5.73. The van der Waals surface area contributed by atoms with Gasteiger partial charge >= 0.3 is 6.03 Å². The van der Waals surface area contributed by atoms with Crippen LogP contribution >= 0.6 is 11.3 Å². The van der Waals surface area contributed by atoms with Gasteiger partial charge in [0.15, 0.2) is 10.9 Å². The molecule has 0 saturated carbocycles. The number of anilines is 2. The van der Waals surface area contributed by atoms with E-state index >= 15 is 4.39 Å². The van der Waals surface area contributed by atoms with Crippen LogP contribution in [0.5, 0.6) is 0 Å². The highest BCUT2D eigenvalue weighted by atomic mass is 32.1. The molecule has 3 N–H and O–H groups in total. The second-order valence-electron chi connectivity index (χ2n) is 7.32. The van der Waals surface area contributed by atoms with Crippen LogP contribution in [0.4, 0.5) is 24.4 Å². The monoisotopic (exact) mass is 452 g/mol. The van der Waals surface area contributed by atoms with Crippen molar-refractivity contribution in [2.24, 2.45) is 0 Å². The molecular weight excluding hydrogens is 434 g/mol. The Hall–Kier alpha value is -3.56. The van der Waals surface area contributed by atoms with Gasteiger partial charge in [0, 0.05) is 12.0 Å². The minimum atomic E-state index is -0.877. The van der Waals surface area contributed by atoms with Crippen LogP contribution in [0, 0.1) is 11.6 Å². The van der Waals surface area contributed by atoms with E-state index < -0.39 is 23.4 Å². The minimum absolute atomic E-state index is 0.150. The second kappa shape index (κ2) is 8.18. The number of halogens is 2. The van der Waals surface area contributed by atoms with Gasteiger partial charge in [0.05, 0.1) is 22.9 Å². The molecule has 1 aliphatic heterocycles. The number of aromatic nitrogens is 1. The van der Waals surface area contributed by atoms with E-state index in [1.54, 1.807) is 18.2 Å². The molecule has 0 spiro atoms. The van der Waals surface area contributed by atoms with E-state index in [0.29, 0.717) is 29.2 Å². The number of benzene rings is 3. The van der Waals surface area contributed by atoms with Crippen molar-refractivity contribution in [2.75, 3.05) is 17.7 Å². The summed E-state index contributed by atoms with van der Waals surface area (Å²) in [5.41, 5.74) is 7.47. The highest BCUT2D eigenvalue weighted by Gasteiger charge is 2.32. The van der Waals surface area contributed by atoms with Crippen LogP contribution in [-0.4, -0.2) is 22.7 Å². The number of hydrogen-bond donors (Lipinski definition) is 2. The number of amides is 2. The molecule has 1 aromatic heterocycles. The Kier molecular flexibility index (Phi) is 5.20. The number of rotatable bonds is 3. The number of thiazole rings is 1. The molecule has 1 fully saturated rings. The number of nitrogens with two attached hydrogens (primary N) is 1. The first-order valence-electron chi connectivity index (χ1n) is 9.94. The SMILES string of the molecule is Nc1nc2ccc(-c3ccc(F)c(NC(=O)N4OCC[C@H]4c4ccccc4)c3F)cc2s1. The fourth-order valence-corrected chi connectivity index (χ4v) is 4.58. The van der Waals surface area contributed by atoms with Crippen LogP contribution in [-0.2, 0) is 4.84 Å². The van der Waals surface area contributed by atoms with Crippen LogP contribution in [0.15, 0.2) is 60.7 Å². The van der Waals surface area contributed by atoms with Gasteiger partial charge in [-0.15, -0.1) is 0 Å². The number of carbonyl (C=O) groups excluding carboxylic acids is 1. The summed E-state index contributed by atoms with van der Waals surface area (Å²) in [6.45, 7) is 0.329. The van der Waals surface area contributed by atoms with E-state index in [0.717, 1.165) is 21.4 Å². The highest BCUT2D eigenvalue weighted by molar-refractivity contribution is 7.22. The maximum absolute atomic E-state index is 15.3. The molecule has 1 saturated heterocycles. The summed E-state index contributed by atoms with van der Waals surface area (Å²) in [6.07, 6.45) is 0.584. The van der Waals surface area contributed by atoms with Crippen LogP contribution in [0.1, 0.15) is 18.0 Å². The molecule has 0 unspecified atom stereocenters. The quantitative estimate of drug-likeness (QED) is 0.416. The van der Waals surface area contributed by atoms with Crippen molar-refractivity contribution in [1.82, 2.24) is 10.0 Å². The lowest BCUT2D eigenvalue weighted by molar-refractivity contribution is -0.0830. The number of nitrogen functional groups attached to an aromatic ring is 1. The molecule has 0 aliphatic carbocycles. The zero-order valence-corrected chi connectivity index (χ0v) is 17.5. The fraction of sp³-hybridized carbons (Fsp3) is 0.130. The number of nitrogens with zero attached hydrogens (tertiary/aromatic N) is 2. The number of hydrogen-bond acceptors (Lipinski definition) is 5. The number of hydroxylamine groups is 2. The van der Waals surface area contributed by atoms with Gasteiger partial charge in [0.25, 0.3) is 0 Å². The third-order valence-corrected chi connectivity index (χ3v) is 6.18. The second-order valence-corrected chi connectivity index (χ2v) is 8.39. The molecule has 1 atom stereocenters. The molecule has 5 rings (SSSR count). The van der Waals surface area contributed by atoms with Crippen LogP contribution in [0.3, 0.4) is 0 Å². The van der Waals surface area contributed by atoms with Gasteiger partial charge in [-0.2, -0.15) is 5.06 Å². The molecule has 4 aromatic rings. The van der Waals surface area contributed by atoms with Crippen molar-refractivity contribution < 1.29 is 18.4 Å². The van der Waals surface area contributed by atoms with E-state index in [-0.39, 0.29) is 11.6 Å². The van der Waals surface area contributed by atoms with Crippen LogP contribution < -0.4 is 11.1 Å². The van der Waals surface area contributed by atoms with Crippen LogP contribution in [0.25, 0.3) is 21.3 Å². The van der Waals surface area contributed by atoms with Crippen molar-refractivity contribution in [3.8, 4) is 11.1 Å². The lowest BCUT2D eigenvalue weighted by atomic mass is 10.0. The number of urea groups is 1. The predicted molar refractivity (Wildman–Crippen MR) is 120 cm³/mol. The first kappa shape index (κ1) is 20.3. The molecule has 0 radical (unpaired) electrons. The molecular formula is C23H18F2N4O2S. The Labute approximate surface area is 186 Å². The summed E-state index contributed by atoms with van der Waals surface area (Å²) in [7, 11) is 0. The molecule has 162 valence electrons. The van der Waals surface area contributed by atoms with Crippen LogP contribution in [0.2, 0.25) is 0 Å². The van der Waals surface area contributed by atoms with E-state index in [2.05, 4.69) is 10.3 Å².